The Bertz CT molecular complexity index is 334. The van der Waals surface area contributed by atoms with Crippen LogP contribution in [-0.4, -0.2) is 34.0 Å². The Morgan fingerprint density at radius 3 is 2.88 bits per heavy atom. The van der Waals surface area contributed by atoms with Crippen molar-refractivity contribution in [2.24, 2.45) is 13.0 Å². The second-order valence-electron chi connectivity index (χ2n) is 4.19. The summed E-state index contributed by atoms with van der Waals surface area (Å²) in [6.45, 7) is 5.71. The van der Waals surface area contributed by atoms with Gasteiger partial charge in [-0.05, 0) is 5.92 Å². The van der Waals surface area contributed by atoms with E-state index in [2.05, 4.69) is 34.8 Å². The summed E-state index contributed by atoms with van der Waals surface area (Å²) in [4.78, 5) is 11.3. The van der Waals surface area contributed by atoms with E-state index < -0.39 is 0 Å². The van der Waals surface area contributed by atoms with E-state index in [9.17, 15) is 4.79 Å². The monoisotopic (exact) mass is 225 g/mol. The van der Waals surface area contributed by atoms with Gasteiger partial charge in [-0.25, -0.2) is 0 Å². The molecule has 16 heavy (non-hydrogen) atoms. The fourth-order valence-corrected chi connectivity index (χ4v) is 1.16. The molecular weight excluding hydrogens is 206 g/mol. The molecule has 0 saturated carbocycles. The fraction of sp³-hybridized carbons (Fsp3) is 0.700. The molecule has 0 spiro atoms. The lowest BCUT2D eigenvalue weighted by atomic mass is 10.2. The van der Waals surface area contributed by atoms with Crippen LogP contribution in [0.2, 0.25) is 0 Å². The number of hydrogen-bond donors (Lipinski definition) is 2. The molecule has 6 nitrogen and oxygen atoms in total. The molecule has 1 aromatic heterocycles. The predicted octanol–water partition coefficient (Wildman–Crippen LogP) is -0.323. The van der Waals surface area contributed by atoms with Gasteiger partial charge in [0, 0.05) is 26.3 Å². The van der Waals surface area contributed by atoms with E-state index in [0.29, 0.717) is 25.6 Å². The largest absolute Gasteiger partial charge is 0.355 e. The minimum Gasteiger partial charge on any atom is -0.355 e. The maximum absolute atomic E-state index is 11.3. The summed E-state index contributed by atoms with van der Waals surface area (Å²) in [5, 5.41) is 13.5. The van der Waals surface area contributed by atoms with Gasteiger partial charge in [-0.1, -0.05) is 19.1 Å². The van der Waals surface area contributed by atoms with Crippen molar-refractivity contribution >= 4 is 5.91 Å². The van der Waals surface area contributed by atoms with E-state index in [1.54, 1.807) is 4.68 Å². The second kappa shape index (κ2) is 6.22. The first-order chi connectivity index (χ1) is 7.58. The second-order valence-corrected chi connectivity index (χ2v) is 4.19. The number of aromatic nitrogens is 3. The molecule has 6 heteroatoms. The number of carbonyl (C=O) groups is 1. The molecule has 1 rings (SSSR count). The van der Waals surface area contributed by atoms with Gasteiger partial charge in [0.25, 0.3) is 0 Å². The molecule has 0 unspecified atom stereocenters. The first-order valence-electron chi connectivity index (χ1n) is 5.40. The van der Waals surface area contributed by atoms with Crippen LogP contribution in [-0.2, 0) is 18.4 Å². The van der Waals surface area contributed by atoms with E-state index in [1.807, 2.05) is 13.2 Å². The molecular formula is C10H19N5O. The van der Waals surface area contributed by atoms with Crippen molar-refractivity contribution in [1.82, 2.24) is 25.6 Å². The van der Waals surface area contributed by atoms with Crippen molar-refractivity contribution in [2.75, 3.05) is 13.1 Å². The molecule has 2 N–H and O–H groups in total. The number of hydrogen-bond acceptors (Lipinski definition) is 4. The molecule has 0 fully saturated rings. The van der Waals surface area contributed by atoms with Crippen LogP contribution in [0.3, 0.4) is 0 Å². The van der Waals surface area contributed by atoms with E-state index in [0.717, 1.165) is 5.69 Å². The smallest absolute Gasteiger partial charge is 0.233 e. The molecule has 90 valence electrons. The first-order valence-corrected chi connectivity index (χ1v) is 5.40. The zero-order valence-corrected chi connectivity index (χ0v) is 10.0. The van der Waals surface area contributed by atoms with Gasteiger partial charge in [0.05, 0.1) is 12.2 Å². The molecule has 0 aliphatic heterocycles. The quantitative estimate of drug-likeness (QED) is 0.696. The topological polar surface area (TPSA) is 71.8 Å². The third-order valence-corrected chi connectivity index (χ3v) is 1.95. The van der Waals surface area contributed by atoms with Crippen molar-refractivity contribution in [3.8, 4) is 0 Å². The Labute approximate surface area is 95.4 Å². The van der Waals surface area contributed by atoms with Gasteiger partial charge >= 0.3 is 0 Å². The lowest BCUT2D eigenvalue weighted by Gasteiger charge is -2.07. The summed E-state index contributed by atoms with van der Waals surface area (Å²) in [7, 11) is 1.81. The zero-order chi connectivity index (χ0) is 12.0. The van der Waals surface area contributed by atoms with Gasteiger partial charge in [0.1, 0.15) is 0 Å². The van der Waals surface area contributed by atoms with Crippen LogP contribution < -0.4 is 10.6 Å². The molecule has 0 bridgehead atoms. The van der Waals surface area contributed by atoms with Gasteiger partial charge in [0.15, 0.2) is 0 Å². The predicted molar refractivity (Wildman–Crippen MR) is 60.6 cm³/mol. The van der Waals surface area contributed by atoms with E-state index in [1.165, 1.54) is 0 Å². The van der Waals surface area contributed by atoms with Crippen LogP contribution in [0.5, 0.6) is 0 Å². The molecule has 1 aromatic rings. The molecule has 0 aromatic carbocycles. The van der Waals surface area contributed by atoms with Gasteiger partial charge in [-0.15, -0.1) is 5.10 Å². The van der Waals surface area contributed by atoms with Crippen LogP contribution in [0, 0.1) is 5.92 Å². The highest BCUT2D eigenvalue weighted by Crippen LogP contribution is 1.89. The van der Waals surface area contributed by atoms with Gasteiger partial charge < -0.3 is 10.6 Å². The van der Waals surface area contributed by atoms with Crippen molar-refractivity contribution in [1.29, 1.82) is 0 Å². The molecule has 0 aliphatic rings. The molecule has 1 heterocycles. The summed E-state index contributed by atoms with van der Waals surface area (Å²) >= 11 is 0. The number of nitrogens with zero attached hydrogens (tertiary/aromatic N) is 3. The lowest BCUT2D eigenvalue weighted by molar-refractivity contribution is -0.120. The van der Waals surface area contributed by atoms with Gasteiger partial charge in [-0.3, -0.25) is 9.48 Å². The molecule has 0 saturated heterocycles. The Balaban J connectivity index is 2.13. The van der Waals surface area contributed by atoms with Gasteiger partial charge in [-0.2, -0.15) is 0 Å². The number of rotatable bonds is 6. The molecule has 0 aliphatic carbocycles. The third kappa shape index (κ3) is 4.88. The maximum Gasteiger partial charge on any atom is 0.233 e. The number of carbonyl (C=O) groups excluding carboxylic acids is 1. The SMILES string of the molecule is CC(C)CNC(=O)CNCc1cn(C)nn1. The summed E-state index contributed by atoms with van der Waals surface area (Å²) in [6.07, 6.45) is 1.82. The summed E-state index contributed by atoms with van der Waals surface area (Å²) in [6, 6.07) is 0. The minimum absolute atomic E-state index is 0.0117. The number of aryl methyl sites for hydroxylation is 1. The average molecular weight is 225 g/mol. The molecule has 0 radical (unpaired) electrons. The summed E-state index contributed by atoms with van der Waals surface area (Å²) < 4.78 is 1.63. The van der Waals surface area contributed by atoms with Crippen molar-refractivity contribution < 1.29 is 4.79 Å². The summed E-state index contributed by atoms with van der Waals surface area (Å²) in [5.41, 5.74) is 0.833. The van der Waals surface area contributed by atoms with Crippen molar-refractivity contribution in [2.45, 2.75) is 20.4 Å². The van der Waals surface area contributed by atoms with Crippen molar-refractivity contribution in [3.63, 3.8) is 0 Å². The third-order valence-electron chi connectivity index (χ3n) is 1.95. The zero-order valence-electron chi connectivity index (χ0n) is 10.0. The summed E-state index contributed by atoms with van der Waals surface area (Å²) in [5.74, 6) is 0.488. The van der Waals surface area contributed by atoms with Crippen LogP contribution in [0.15, 0.2) is 6.20 Å². The molecule has 0 atom stereocenters. The lowest BCUT2D eigenvalue weighted by Crippen LogP contribution is -2.35. The minimum atomic E-state index is 0.0117. The normalized spacial score (nSPS) is 10.8. The Kier molecular flexibility index (Phi) is 4.91. The Morgan fingerprint density at radius 2 is 2.31 bits per heavy atom. The van der Waals surface area contributed by atoms with Crippen LogP contribution in [0.1, 0.15) is 19.5 Å². The Morgan fingerprint density at radius 1 is 1.56 bits per heavy atom. The number of amides is 1. The number of nitrogens with one attached hydrogen (secondary N) is 2. The highest BCUT2D eigenvalue weighted by molar-refractivity contribution is 5.77. The highest BCUT2D eigenvalue weighted by atomic mass is 16.1. The van der Waals surface area contributed by atoms with E-state index in [-0.39, 0.29) is 5.91 Å². The standard InChI is InChI=1S/C10H19N5O/c1-8(2)4-12-10(16)6-11-5-9-7-15(3)14-13-9/h7-8,11H,4-6H2,1-3H3,(H,12,16). The maximum atomic E-state index is 11.3. The Hall–Kier alpha value is -1.43. The molecule has 1 amide bonds. The average Bonchev–Trinajstić information content (AvgIpc) is 2.61. The van der Waals surface area contributed by atoms with E-state index >= 15 is 0 Å². The van der Waals surface area contributed by atoms with Crippen LogP contribution in [0.4, 0.5) is 0 Å². The van der Waals surface area contributed by atoms with Crippen LogP contribution in [0.25, 0.3) is 0 Å². The van der Waals surface area contributed by atoms with Crippen molar-refractivity contribution in [3.05, 3.63) is 11.9 Å². The van der Waals surface area contributed by atoms with Crippen LogP contribution >= 0.6 is 0 Å². The highest BCUT2D eigenvalue weighted by Gasteiger charge is 2.02. The fourth-order valence-electron chi connectivity index (χ4n) is 1.16. The first kappa shape index (κ1) is 12.6. The van der Waals surface area contributed by atoms with E-state index in [4.69, 9.17) is 0 Å². The van der Waals surface area contributed by atoms with Gasteiger partial charge in [0.2, 0.25) is 5.91 Å².